The van der Waals surface area contributed by atoms with Crippen LogP contribution in [0.5, 0.6) is 0 Å². The van der Waals surface area contributed by atoms with Crippen LogP contribution in [0.4, 0.5) is 5.82 Å². The second-order valence-electron chi connectivity index (χ2n) is 4.50. The molecule has 0 bridgehead atoms. The van der Waals surface area contributed by atoms with E-state index in [2.05, 4.69) is 10.3 Å². The molecule has 1 fully saturated rings. The monoisotopic (exact) mass is 251 g/mol. The number of aliphatic hydroxyl groups is 1. The molecule has 0 atom stereocenters. The summed E-state index contributed by atoms with van der Waals surface area (Å²) in [5, 5.41) is 21.3. The molecule has 0 radical (unpaired) electrons. The van der Waals surface area contributed by atoms with Gasteiger partial charge in [0.1, 0.15) is 11.0 Å². The van der Waals surface area contributed by atoms with Crippen molar-refractivity contribution >= 4 is 17.4 Å². The van der Waals surface area contributed by atoms with E-state index < -0.39 is 0 Å². The smallest absolute Gasteiger partial charge is 0.132 e. The third kappa shape index (κ3) is 3.09. The van der Waals surface area contributed by atoms with E-state index in [1.165, 1.54) is 6.07 Å². The van der Waals surface area contributed by atoms with Crippen molar-refractivity contribution in [3.8, 4) is 6.07 Å². The summed E-state index contributed by atoms with van der Waals surface area (Å²) >= 11 is 5.81. The maximum absolute atomic E-state index is 8.96. The zero-order chi connectivity index (χ0) is 12.3. The lowest BCUT2D eigenvalue weighted by Crippen LogP contribution is -2.17. The number of anilines is 1. The van der Waals surface area contributed by atoms with Gasteiger partial charge in [0.15, 0.2) is 0 Å². The Hall–Kier alpha value is -1.31. The number of rotatable bonds is 5. The third-order valence-electron chi connectivity index (χ3n) is 3.17. The lowest BCUT2D eigenvalue weighted by Gasteiger charge is -2.15. The fourth-order valence-electron chi connectivity index (χ4n) is 1.86. The highest BCUT2D eigenvalue weighted by atomic mass is 35.5. The van der Waals surface area contributed by atoms with Gasteiger partial charge in [-0.15, -0.1) is 0 Å². The molecule has 0 saturated heterocycles. The molecule has 0 aromatic carbocycles. The normalized spacial score (nSPS) is 16.3. The minimum absolute atomic E-state index is 0.214. The van der Waals surface area contributed by atoms with Gasteiger partial charge in [0.2, 0.25) is 0 Å². The van der Waals surface area contributed by atoms with Crippen LogP contribution >= 0.6 is 11.6 Å². The predicted octanol–water partition coefficient (Wildman–Crippen LogP) is 2.18. The minimum Gasteiger partial charge on any atom is -0.396 e. The molecule has 2 rings (SSSR count). The second kappa shape index (κ2) is 4.91. The van der Waals surface area contributed by atoms with Crippen molar-refractivity contribution < 1.29 is 5.11 Å². The third-order valence-corrected chi connectivity index (χ3v) is 3.36. The maximum atomic E-state index is 8.96. The van der Waals surface area contributed by atoms with Crippen molar-refractivity contribution in [2.24, 2.45) is 5.41 Å². The summed E-state index contributed by atoms with van der Waals surface area (Å²) in [5.74, 6) is 0.623. The summed E-state index contributed by atoms with van der Waals surface area (Å²) in [6.07, 6.45) is 3.07. The van der Waals surface area contributed by atoms with Crippen LogP contribution in [0.15, 0.2) is 12.1 Å². The van der Waals surface area contributed by atoms with Crippen molar-refractivity contribution in [3.63, 3.8) is 0 Å². The Morgan fingerprint density at radius 2 is 2.29 bits per heavy atom. The molecular weight excluding hydrogens is 238 g/mol. The fraction of sp³-hybridized carbons (Fsp3) is 0.500. The van der Waals surface area contributed by atoms with Crippen molar-refractivity contribution in [1.29, 1.82) is 5.26 Å². The molecule has 4 nitrogen and oxygen atoms in total. The van der Waals surface area contributed by atoms with Gasteiger partial charge in [-0.3, -0.25) is 0 Å². The number of pyridine rings is 1. The maximum Gasteiger partial charge on any atom is 0.132 e. The quantitative estimate of drug-likeness (QED) is 0.787. The molecule has 1 aromatic rings. The van der Waals surface area contributed by atoms with E-state index in [9.17, 15) is 0 Å². The first-order chi connectivity index (χ1) is 8.17. The van der Waals surface area contributed by atoms with Crippen LogP contribution < -0.4 is 5.32 Å². The number of aliphatic hydroxyl groups excluding tert-OH is 1. The van der Waals surface area contributed by atoms with Crippen LogP contribution in [0, 0.1) is 16.7 Å². The Bertz CT molecular complexity index is 452. The molecule has 1 aliphatic rings. The molecular formula is C12H14ClN3O. The standard InChI is InChI=1S/C12H14ClN3O/c13-10-5-9(7-14)6-11(16-10)15-8-12(1-2-12)3-4-17/h5-6,17H,1-4,8H2,(H,15,16). The van der Waals surface area contributed by atoms with E-state index in [0.29, 0.717) is 16.5 Å². The molecule has 1 saturated carbocycles. The summed E-state index contributed by atoms with van der Waals surface area (Å²) < 4.78 is 0. The van der Waals surface area contributed by atoms with Gasteiger partial charge in [-0.05, 0) is 36.8 Å². The van der Waals surface area contributed by atoms with E-state index >= 15 is 0 Å². The average Bonchev–Trinajstić information content (AvgIpc) is 3.07. The summed E-state index contributed by atoms with van der Waals surface area (Å²) in [6, 6.07) is 5.26. The van der Waals surface area contributed by atoms with Gasteiger partial charge in [-0.1, -0.05) is 11.6 Å². The van der Waals surface area contributed by atoms with Gasteiger partial charge in [-0.25, -0.2) is 4.98 Å². The van der Waals surface area contributed by atoms with E-state index in [1.807, 2.05) is 6.07 Å². The lowest BCUT2D eigenvalue weighted by molar-refractivity contribution is 0.253. The lowest BCUT2D eigenvalue weighted by atomic mass is 10.0. The van der Waals surface area contributed by atoms with Gasteiger partial charge in [0.05, 0.1) is 11.6 Å². The highest BCUT2D eigenvalue weighted by molar-refractivity contribution is 6.29. The molecule has 90 valence electrons. The first kappa shape index (κ1) is 12.2. The van der Waals surface area contributed by atoms with Crippen LogP contribution in [0.25, 0.3) is 0 Å². The molecule has 2 N–H and O–H groups in total. The molecule has 1 aromatic heterocycles. The van der Waals surface area contributed by atoms with Gasteiger partial charge < -0.3 is 10.4 Å². The van der Waals surface area contributed by atoms with Gasteiger partial charge in [-0.2, -0.15) is 5.26 Å². The highest BCUT2D eigenvalue weighted by Gasteiger charge is 2.41. The zero-order valence-corrected chi connectivity index (χ0v) is 10.2. The molecule has 0 spiro atoms. The number of aromatic nitrogens is 1. The number of hydrogen-bond acceptors (Lipinski definition) is 4. The number of hydrogen-bond donors (Lipinski definition) is 2. The molecule has 0 amide bonds. The molecule has 5 heteroatoms. The van der Waals surface area contributed by atoms with Crippen LogP contribution in [0.1, 0.15) is 24.8 Å². The summed E-state index contributed by atoms with van der Waals surface area (Å²) in [7, 11) is 0. The largest absolute Gasteiger partial charge is 0.396 e. The first-order valence-corrected chi connectivity index (χ1v) is 5.98. The summed E-state index contributed by atoms with van der Waals surface area (Å²) in [4.78, 5) is 4.11. The Labute approximate surface area is 105 Å². The van der Waals surface area contributed by atoms with Crippen LogP contribution in [0.3, 0.4) is 0 Å². The Kier molecular flexibility index (Phi) is 3.51. The van der Waals surface area contributed by atoms with Crippen molar-refractivity contribution in [2.75, 3.05) is 18.5 Å². The minimum atomic E-state index is 0.214. The Morgan fingerprint density at radius 1 is 1.53 bits per heavy atom. The second-order valence-corrected chi connectivity index (χ2v) is 4.89. The van der Waals surface area contributed by atoms with E-state index in [4.69, 9.17) is 22.0 Å². The summed E-state index contributed by atoms with van der Waals surface area (Å²) in [5.41, 5.74) is 0.713. The van der Waals surface area contributed by atoms with Crippen LogP contribution in [0.2, 0.25) is 5.15 Å². The van der Waals surface area contributed by atoms with Crippen LogP contribution in [-0.2, 0) is 0 Å². The Balaban J connectivity index is 2.00. The SMILES string of the molecule is N#Cc1cc(Cl)nc(NCC2(CCO)CC2)c1. The summed E-state index contributed by atoms with van der Waals surface area (Å²) in [6.45, 7) is 0.986. The van der Waals surface area contributed by atoms with Gasteiger partial charge in [0, 0.05) is 13.2 Å². The molecule has 1 aliphatic carbocycles. The molecule has 17 heavy (non-hydrogen) atoms. The zero-order valence-electron chi connectivity index (χ0n) is 9.41. The van der Waals surface area contributed by atoms with Crippen molar-refractivity contribution in [1.82, 2.24) is 4.98 Å². The average molecular weight is 252 g/mol. The molecule has 0 aliphatic heterocycles. The van der Waals surface area contributed by atoms with Crippen molar-refractivity contribution in [2.45, 2.75) is 19.3 Å². The van der Waals surface area contributed by atoms with Gasteiger partial charge in [0.25, 0.3) is 0 Å². The van der Waals surface area contributed by atoms with E-state index in [-0.39, 0.29) is 12.0 Å². The number of nitriles is 1. The Morgan fingerprint density at radius 3 is 2.88 bits per heavy atom. The fourth-order valence-corrected chi connectivity index (χ4v) is 2.07. The van der Waals surface area contributed by atoms with E-state index in [1.54, 1.807) is 6.07 Å². The first-order valence-electron chi connectivity index (χ1n) is 5.60. The van der Waals surface area contributed by atoms with E-state index in [0.717, 1.165) is 25.8 Å². The number of nitrogens with one attached hydrogen (secondary N) is 1. The number of halogens is 1. The predicted molar refractivity (Wildman–Crippen MR) is 65.8 cm³/mol. The molecule has 1 heterocycles. The van der Waals surface area contributed by atoms with Gasteiger partial charge >= 0.3 is 0 Å². The number of nitrogens with zero attached hydrogens (tertiary/aromatic N) is 2. The van der Waals surface area contributed by atoms with Crippen molar-refractivity contribution in [3.05, 3.63) is 22.8 Å². The topological polar surface area (TPSA) is 68.9 Å². The highest BCUT2D eigenvalue weighted by Crippen LogP contribution is 2.48. The van der Waals surface area contributed by atoms with Crippen LogP contribution in [-0.4, -0.2) is 23.2 Å². The molecule has 0 unspecified atom stereocenters.